The van der Waals surface area contributed by atoms with Crippen LogP contribution in [0.25, 0.3) is 0 Å². The van der Waals surface area contributed by atoms with Crippen LogP contribution in [0.15, 0.2) is 30.3 Å². The molecule has 1 aromatic rings. The van der Waals surface area contributed by atoms with E-state index in [0.29, 0.717) is 5.75 Å². The van der Waals surface area contributed by atoms with Crippen LogP contribution in [-0.2, 0) is 11.1 Å². The van der Waals surface area contributed by atoms with E-state index < -0.39 is 11.1 Å². The van der Waals surface area contributed by atoms with E-state index in [-0.39, 0.29) is 34.8 Å². The van der Waals surface area contributed by atoms with Gasteiger partial charge in [-0.2, -0.15) is 0 Å². The van der Waals surface area contributed by atoms with Gasteiger partial charge in [-0.25, -0.2) is 4.21 Å². The summed E-state index contributed by atoms with van der Waals surface area (Å²) in [5, 5.41) is 0.0326. The summed E-state index contributed by atoms with van der Waals surface area (Å²) in [6.45, 7) is 3.72. The molecule has 0 fully saturated rings. The first kappa shape index (κ1) is 13.2. The van der Waals surface area contributed by atoms with Gasteiger partial charge < -0.3 is 4.18 Å². The van der Waals surface area contributed by atoms with Crippen molar-refractivity contribution in [2.75, 3.05) is 0 Å². The molecule has 0 radical (unpaired) electrons. The van der Waals surface area contributed by atoms with Crippen LogP contribution in [0.5, 0.6) is 5.75 Å². The predicted octanol–water partition coefficient (Wildman–Crippen LogP) is 1.49. The first-order chi connectivity index (χ1) is 5.70. The van der Waals surface area contributed by atoms with Crippen molar-refractivity contribution >= 4 is 40.6 Å². The molecule has 0 aromatic heterocycles. The maximum absolute atomic E-state index is 11.2. The van der Waals surface area contributed by atoms with Gasteiger partial charge >= 0.3 is 29.6 Å². The van der Waals surface area contributed by atoms with Crippen molar-refractivity contribution in [2.24, 2.45) is 0 Å². The summed E-state index contributed by atoms with van der Waals surface area (Å²) >= 11 is -1.22. The van der Waals surface area contributed by atoms with Gasteiger partial charge in [0.25, 0.3) is 0 Å². The number of hydrogen-bond acceptors (Lipinski definition) is 2. The third kappa shape index (κ3) is 4.81. The zero-order valence-electron chi connectivity index (χ0n) is 7.19. The predicted molar refractivity (Wildman–Crippen MR) is 57.5 cm³/mol. The van der Waals surface area contributed by atoms with E-state index in [1.54, 1.807) is 12.1 Å². The molecular formula is C9H13NaO2S. The van der Waals surface area contributed by atoms with Gasteiger partial charge in [-0.3, -0.25) is 0 Å². The molecule has 0 amide bonds. The second-order valence-corrected chi connectivity index (χ2v) is 4.34. The molecule has 0 N–H and O–H groups in total. The van der Waals surface area contributed by atoms with E-state index in [9.17, 15) is 4.21 Å². The van der Waals surface area contributed by atoms with Crippen LogP contribution >= 0.6 is 0 Å². The Morgan fingerprint density at radius 3 is 2.23 bits per heavy atom. The van der Waals surface area contributed by atoms with Gasteiger partial charge in [-0.15, -0.1) is 0 Å². The molecule has 0 heterocycles. The van der Waals surface area contributed by atoms with E-state index >= 15 is 0 Å². The fraction of sp³-hybridized carbons (Fsp3) is 0.333. The molecule has 1 aromatic carbocycles. The Kier molecular flexibility index (Phi) is 6.68. The van der Waals surface area contributed by atoms with Crippen molar-refractivity contribution in [1.29, 1.82) is 0 Å². The number of rotatable bonds is 3. The van der Waals surface area contributed by atoms with Gasteiger partial charge in [0, 0.05) is 0 Å². The molecule has 0 aliphatic rings. The Labute approximate surface area is 104 Å². The summed E-state index contributed by atoms with van der Waals surface area (Å²) in [6.07, 6.45) is 0. The zero-order valence-corrected chi connectivity index (χ0v) is 8.01. The molecular weight excluding hydrogens is 195 g/mol. The van der Waals surface area contributed by atoms with Gasteiger partial charge in [0.1, 0.15) is 5.75 Å². The molecule has 0 bridgehead atoms. The van der Waals surface area contributed by atoms with Crippen LogP contribution in [0.1, 0.15) is 13.8 Å². The van der Waals surface area contributed by atoms with Gasteiger partial charge in [0.2, 0.25) is 11.1 Å². The average Bonchev–Trinajstić information content (AvgIpc) is 2.06. The summed E-state index contributed by atoms with van der Waals surface area (Å²) in [5.41, 5.74) is 0. The Bertz CT molecular complexity index is 262. The Morgan fingerprint density at radius 2 is 1.77 bits per heavy atom. The summed E-state index contributed by atoms with van der Waals surface area (Å²) in [6, 6.07) is 9.19. The van der Waals surface area contributed by atoms with Crippen LogP contribution in [0.2, 0.25) is 0 Å². The molecule has 0 spiro atoms. The minimum absolute atomic E-state index is 0. The first-order valence-corrected chi connectivity index (χ1v) is 4.98. The monoisotopic (exact) mass is 208 g/mol. The maximum atomic E-state index is 11.2. The Balaban J connectivity index is 0.00000144. The fourth-order valence-electron chi connectivity index (χ4n) is 0.667. The van der Waals surface area contributed by atoms with Crippen LogP contribution in [0, 0.1) is 0 Å². The molecule has 1 unspecified atom stereocenters. The van der Waals surface area contributed by atoms with Gasteiger partial charge in [-0.05, 0) is 26.0 Å². The SMILES string of the molecule is CC(C)S(=O)Oc1ccccc1.[NaH]. The van der Waals surface area contributed by atoms with E-state index in [1.165, 1.54) is 0 Å². The molecule has 1 atom stereocenters. The average molecular weight is 208 g/mol. The fourth-order valence-corrected chi connectivity index (χ4v) is 1.16. The molecule has 1 rings (SSSR count). The normalized spacial score (nSPS) is 11.9. The zero-order chi connectivity index (χ0) is 8.97. The minimum atomic E-state index is -1.22. The standard InChI is InChI=1S/C9H12O2S.Na.H/c1-8(2)12(10)11-9-6-4-3-5-7-9;;/h3-8H,1-2H3;;. The van der Waals surface area contributed by atoms with E-state index in [1.807, 2.05) is 32.0 Å². The van der Waals surface area contributed by atoms with Crippen LogP contribution < -0.4 is 4.18 Å². The van der Waals surface area contributed by atoms with Crippen LogP contribution in [-0.4, -0.2) is 39.0 Å². The molecule has 13 heavy (non-hydrogen) atoms. The van der Waals surface area contributed by atoms with Crippen molar-refractivity contribution in [3.8, 4) is 5.75 Å². The number of hydrogen-bond donors (Lipinski definition) is 0. The van der Waals surface area contributed by atoms with Crippen molar-refractivity contribution in [1.82, 2.24) is 0 Å². The second kappa shape index (κ2) is 6.60. The number of para-hydroxylation sites is 1. The van der Waals surface area contributed by atoms with E-state index in [4.69, 9.17) is 4.18 Å². The topological polar surface area (TPSA) is 26.3 Å². The first-order valence-electron chi connectivity index (χ1n) is 3.84. The second-order valence-electron chi connectivity index (χ2n) is 2.71. The van der Waals surface area contributed by atoms with Gasteiger partial charge in [0.15, 0.2) is 0 Å². The van der Waals surface area contributed by atoms with Gasteiger partial charge in [0.05, 0.1) is 5.25 Å². The van der Waals surface area contributed by atoms with E-state index in [0.717, 1.165) is 0 Å². The van der Waals surface area contributed by atoms with Crippen molar-refractivity contribution in [3.05, 3.63) is 30.3 Å². The summed E-state index contributed by atoms with van der Waals surface area (Å²) in [7, 11) is 0. The quantitative estimate of drug-likeness (QED) is 0.703. The Hall–Kier alpha value is 0.170. The molecule has 0 saturated carbocycles. The number of benzene rings is 1. The molecule has 2 nitrogen and oxygen atoms in total. The Morgan fingerprint density at radius 1 is 1.23 bits per heavy atom. The third-order valence-corrected chi connectivity index (χ3v) is 2.43. The summed E-state index contributed by atoms with van der Waals surface area (Å²) < 4.78 is 16.3. The van der Waals surface area contributed by atoms with Gasteiger partial charge in [-0.1, -0.05) is 18.2 Å². The third-order valence-electron chi connectivity index (χ3n) is 1.31. The van der Waals surface area contributed by atoms with Crippen molar-refractivity contribution in [2.45, 2.75) is 19.1 Å². The molecule has 4 heteroatoms. The molecule has 0 saturated heterocycles. The van der Waals surface area contributed by atoms with Crippen LogP contribution in [0.4, 0.5) is 0 Å². The van der Waals surface area contributed by atoms with E-state index in [2.05, 4.69) is 0 Å². The molecule has 68 valence electrons. The van der Waals surface area contributed by atoms with Crippen LogP contribution in [0.3, 0.4) is 0 Å². The molecule has 0 aliphatic carbocycles. The molecule has 0 aliphatic heterocycles. The van der Waals surface area contributed by atoms with Crippen molar-refractivity contribution < 1.29 is 8.39 Å². The summed E-state index contributed by atoms with van der Waals surface area (Å²) in [4.78, 5) is 0. The van der Waals surface area contributed by atoms with Crippen molar-refractivity contribution in [3.63, 3.8) is 0 Å². The summed E-state index contributed by atoms with van der Waals surface area (Å²) in [5.74, 6) is 0.657.